The van der Waals surface area contributed by atoms with Gasteiger partial charge in [0.2, 0.25) is 0 Å². The van der Waals surface area contributed by atoms with Crippen LogP contribution in [0.1, 0.15) is 25.7 Å². The van der Waals surface area contributed by atoms with Gasteiger partial charge in [0.25, 0.3) is 0 Å². The second-order valence-corrected chi connectivity index (χ2v) is 4.09. The molecule has 0 aromatic carbocycles. The van der Waals surface area contributed by atoms with E-state index in [9.17, 15) is 18.0 Å². The van der Waals surface area contributed by atoms with Crippen molar-refractivity contribution in [2.75, 3.05) is 13.2 Å². The van der Waals surface area contributed by atoms with Gasteiger partial charge in [-0.05, 0) is 25.7 Å². The summed E-state index contributed by atoms with van der Waals surface area (Å²) in [4.78, 5) is 11.1. The summed E-state index contributed by atoms with van der Waals surface area (Å²) in [7, 11) is 0. The molecule has 1 amide bonds. The highest BCUT2D eigenvalue weighted by Gasteiger charge is 2.41. The van der Waals surface area contributed by atoms with E-state index >= 15 is 0 Å². The van der Waals surface area contributed by atoms with Gasteiger partial charge in [-0.25, -0.2) is 4.79 Å². The lowest BCUT2D eigenvalue weighted by molar-refractivity contribution is -0.182. The van der Waals surface area contributed by atoms with E-state index in [1.807, 2.05) is 0 Å². The number of nitrogens with one attached hydrogen (secondary N) is 1. The van der Waals surface area contributed by atoms with E-state index in [-0.39, 0.29) is 32.1 Å². The molecule has 1 aliphatic rings. The number of aliphatic hydroxyl groups excluding tert-OH is 1. The van der Waals surface area contributed by atoms with Gasteiger partial charge in [-0.15, -0.1) is 0 Å². The minimum absolute atomic E-state index is 0.0362. The SMILES string of the molecule is O=C(NC1CCC(C(F)(F)F)CC1)OCCO. The van der Waals surface area contributed by atoms with Crippen LogP contribution in [0.25, 0.3) is 0 Å². The van der Waals surface area contributed by atoms with Gasteiger partial charge >= 0.3 is 12.3 Å². The Hall–Kier alpha value is -0.980. The van der Waals surface area contributed by atoms with Crippen molar-refractivity contribution >= 4 is 6.09 Å². The monoisotopic (exact) mass is 255 g/mol. The van der Waals surface area contributed by atoms with E-state index in [4.69, 9.17) is 5.11 Å². The number of amides is 1. The van der Waals surface area contributed by atoms with Crippen molar-refractivity contribution in [2.24, 2.45) is 5.92 Å². The van der Waals surface area contributed by atoms with Crippen LogP contribution < -0.4 is 5.32 Å². The summed E-state index contributed by atoms with van der Waals surface area (Å²) in [6.07, 6.45) is -4.14. The molecule has 0 unspecified atom stereocenters. The number of hydrogen-bond acceptors (Lipinski definition) is 3. The third-order valence-corrected chi connectivity index (χ3v) is 2.84. The number of rotatable bonds is 3. The number of alkyl halides is 3. The van der Waals surface area contributed by atoms with E-state index in [2.05, 4.69) is 10.1 Å². The van der Waals surface area contributed by atoms with E-state index in [1.54, 1.807) is 0 Å². The number of halogens is 3. The van der Waals surface area contributed by atoms with Gasteiger partial charge in [-0.3, -0.25) is 0 Å². The molecule has 0 atom stereocenters. The lowest BCUT2D eigenvalue weighted by atomic mass is 9.86. The fourth-order valence-electron chi connectivity index (χ4n) is 1.91. The Balaban J connectivity index is 2.25. The molecule has 0 radical (unpaired) electrons. The Bertz CT molecular complexity index is 250. The molecule has 4 nitrogen and oxygen atoms in total. The Morgan fingerprint density at radius 2 is 1.88 bits per heavy atom. The molecule has 1 aliphatic carbocycles. The average Bonchev–Trinajstić information content (AvgIpc) is 2.26. The number of alkyl carbamates (subject to hydrolysis) is 1. The van der Waals surface area contributed by atoms with Crippen LogP contribution in [0.3, 0.4) is 0 Å². The highest BCUT2D eigenvalue weighted by atomic mass is 19.4. The molecular formula is C10H16F3NO3. The molecular weight excluding hydrogens is 239 g/mol. The Morgan fingerprint density at radius 1 is 1.29 bits per heavy atom. The van der Waals surface area contributed by atoms with Crippen LogP contribution in [0.4, 0.5) is 18.0 Å². The summed E-state index contributed by atoms with van der Waals surface area (Å²) in [5, 5.41) is 10.9. The fraction of sp³-hybridized carbons (Fsp3) is 0.900. The fourth-order valence-corrected chi connectivity index (χ4v) is 1.91. The number of ether oxygens (including phenoxy) is 1. The number of hydrogen-bond donors (Lipinski definition) is 2. The Labute approximate surface area is 97.1 Å². The molecule has 0 bridgehead atoms. The van der Waals surface area contributed by atoms with Crippen molar-refractivity contribution < 1.29 is 27.8 Å². The smallest absolute Gasteiger partial charge is 0.407 e. The van der Waals surface area contributed by atoms with Crippen molar-refractivity contribution in [3.63, 3.8) is 0 Å². The predicted octanol–water partition coefficient (Wildman–Crippen LogP) is 1.83. The first-order chi connectivity index (χ1) is 7.93. The van der Waals surface area contributed by atoms with Crippen LogP contribution in [-0.4, -0.2) is 36.6 Å². The molecule has 7 heteroatoms. The first kappa shape index (κ1) is 14.1. The van der Waals surface area contributed by atoms with Gasteiger partial charge in [0.15, 0.2) is 0 Å². The van der Waals surface area contributed by atoms with Crippen molar-refractivity contribution in [3.8, 4) is 0 Å². The molecule has 1 fully saturated rings. The Morgan fingerprint density at radius 3 is 2.35 bits per heavy atom. The van der Waals surface area contributed by atoms with Gasteiger partial charge in [0.1, 0.15) is 6.61 Å². The van der Waals surface area contributed by atoms with Crippen molar-refractivity contribution in [3.05, 3.63) is 0 Å². The average molecular weight is 255 g/mol. The molecule has 2 N–H and O–H groups in total. The highest BCUT2D eigenvalue weighted by molar-refractivity contribution is 5.67. The molecule has 17 heavy (non-hydrogen) atoms. The zero-order valence-electron chi connectivity index (χ0n) is 9.29. The van der Waals surface area contributed by atoms with Gasteiger partial charge in [0, 0.05) is 6.04 Å². The highest BCUT2D eigenvalue weighted by Crippen LogP contribution is 2.37. The summed E-state index contributed by atoms with van der Waals surface area (Å²) in [6, 6.07) is -0.264. The summed E-state index contributed by atoms with van der Waals surface area (Å²) >= 11 is 0. The van der Waals surface area contributed by atoms with Crippen LogP contribution in [-0.2, 0) is 4.74 Å². The molecule has 1 saturated carbocycles. The van der Waals surface area contributed by atoms with Crippen LogP contribution in [0, 0.1) is 5.92 Å². The number of carbonyl (C=O) groups excluding carboxylic acids is 1. The zero-order chi connectivity index (χ0) is 12.9. The van der Waals surface area contributed by atoms with Crippen LogP contribution in [0.5, 0.6) is 0 Å². The van der Waals surface area contributed by atoms with Crippen LogP contribution in [0.2, 0.25) is 0 Å². The maximum absolute atomic E-state index is 12.4. The maximum Gasteiger partial charge on any atom is 0.407 e. The maximum atomic E-state index is 12.4. The van der Waals surface area contributed by atoms with Crippen LogP contribution >= 0.6 is 0 Å². The van der Waals surface area contributed by atoms with Crippen LogP contribution in [0.15, 0.2) is 0 Å². The first-order valence-electron chi connectivity index (χ1n) is 5.54. The third kappa shape index (κ3) is 4.80. The summed E-state index contributed by atoms with van der Waals surface area (Å²) in [6.45, 7) is -0.377. The van der Waals surface area contributed by atoms with Gasteiger partial charge in [0.05, 0.1) is 12.5 Å². The predicted molar refractivity (Wildman–Crippen MR) is 53.4 cm³/mol. The lowest BCUT2D eigenvalue weighted by Gasteiger charge is -2.29. The molecule has 0 aromatic heterocycles. The van der Waals surface area contributed by atoms with E-state index < -0.39 is 18.2 Å². The first-order valence-corrected chi connectivity index (χ1v) is 5.54. The summed E-state index contributed by atoms with van der Waals surface area (Å²) in [5.74, 6) is -1.26. The molecule has 100 valence electrons. The van der Waals surface area contributed by atoms with Gasteiger partial charge < -0.3 is 15.2 Å². The molecule has 0 heterocycles. The number of carbonyl (C=O) groups is 1. The molecule has 0 aliphatic heterocycles. The molecule has 0 saturated heterocycles. The third-order valence-electron chi connectivity index (χ3n) is 2.84. The quantitative estimate of drug-likeness (QED) is 0.808. The zero-order valence-corrected chi connectivity index (χ0v) is 9.29. The Kier molecular flexibility index (Phi) is 5.04. The second kappa shape index (κ2) is 6.09. The normalized spacial score (nSPS) is 25.4. The minimum atomic E-state index is -4.14. The summed E-state index contributed by atoms with van der Waals surface area (Å²) < 4.78 is 41.6. The number of aliphatic hydroxyl groups is 1. The molecule has 0 spiro atoms. The topological polar surface area (TPSA) is 58.6 Å². The van der Waals surface area contributed by atoms with E-state index in [0.29, 0.717) is 12.8 Å². The van der Waals surface area contributed by atoms with E-state index in [0.717, 1.165) is 0 Å². The lowest BCUT2D eigenvalue weighted by Crippen LogP contribution is -2.40. The standard InChI is InChI=1S/C10H16F3NO3/c11-10(12,13)7-1-3-8(4-2-7)14-9(16)17-6-5-15/h7-8,15H,1-6H2,(H,14,16). The van der Waals surface area contributed by atoms with Crippen molar-refractivity contribution in [1.29, 1.82) is 0 Å². The van der Waals surface area contributed by atoms with Gasteiger partial charge in [-0.2, -0.15) is 13.2 Å². The molecule has 0 aromatic rings. The summed E-state index contributed by atoms with van der Waals surface area (Å²) in [5.41, 5.74) is 0. The van der Waals surface area contributed by atoms with Gasteiger partial charge in [-0.1, -0.05) is 0 Å². The van der Waals surface area contributed by atoms with E-state index in [1.165, 1.54) is 0 Å². The largest absolute Gasteiger partial charge is 0.447 e. The second-order valence-electron chi connectivity index (χ2n) is 4.09. The molecule has 1 rings (SSSR count). The van der Waals surface area contributed by atoms with Crippen molar-refractivity contribution in [1.82, 2.24) is 5.32 Å². The van der Waals surface area contributed by atoms with Crippen molar-refractivity contribution in [2.45, 2.75) is 37.9 Å². The minimum Gasteiger partial charge on any atom is -0.447 e.